The number of anilines is 3. The first-order valence-corrected chi connectivity index (χ1v) is 10.0. The SMILES string of the molecule is COc1ccc(Nc2ccc(NC(C)C)c3c2C(=O)c2c(cccc2[N+](=O)[O-])C3=O)cc1. The Balaban J connectivity index is 1.91. The van der Waals surface area contributed by atoms with Crippen LogP contribution in [0.2, 0.25) is 0 Å². The van der Waals surface area contributed by atoms with Crippen molar-refractivity contribution in [2.75, 3.05) is 17.7 Å². The van der Waals surface area contributed by atoms with Crippen molar-refractivity contribution in [1.29, 1.82) is 0 Å². The van der Waals surface area contributed by atoms with Gasteiger partial charge in [-0.1, -0.05) is 6.07 Å². The number of fused-ring (bicyclic) bond motifs is 2. The van der Waals surface area contributed by atoms with Crippen LogP contribution in [-0.2, 0) is 0 Å². The fourth-order valence-electron chi connectivity index (χ4n) is 3.82. The van der Waals surface area contributed by atoms with E-state index in [0.29, 0.717) is 22.8 Å². The highest BCUT2D eigenvalue weighted by molar-refractivity contribution is 6.33. The summed E-state index contributed by atoms with van der Waals surface area (Å²) in [7, 11) is 1.56. The summed E-state index contributed by atoms with van der Waals surface area (Å²) in [4.78, 5) is 38.0. The van der Waals surface area contributed by atoms with E-state index >= 15 is 0 Å². The van der Waals surface area contributed by atoms with Crippen LogP contribution in [0.3, 0.4) is 0 Å². The molecule has 8 nitrogen and oxygen atoms in total. The number of carbonyl (C=O) groups is 2. The van der Waals surface area contributed by atoms with Gasteiger partial charge in [0.05, 0.1) is 28.8 Å². The molecule has 32 heavy (non-hydrogen) atoms. The van der Waals surface area contributed by atoms with Gasteiger partial charge in [-0.15, -0.1) is 0 Å². The first kappa shape index (κ1) is 21.0. The van der Waals surface area contributed by atoms with Gasteiger partial charge in [0.25, 0.3) is 5.69 Å². The number of benzene rings is 3. The highest BCUT2D eigenvalue weighted by Gasteiger charge is 2.38. The van der Waals surface area contributed by atoms with Crippen molar-refractivity contribution < 1.29 is 19.2 Å². The number of nitro groups is 1. The molecule has 0 unspecified atom stereocenters. The maximum Gasteiger partial charge on any atom is 0.281 e. The Morgan fingerprint density at radius 2 is 1.53 bits per heavy atom. The summed E-state index contributed by atoms with van der Waals surface area (Å²) < 4.78 is 5.17. The number of methoxy groups -OCH3 is 1. The summed E-state index contributed by atoms with van der Waals surface area (Å²) in [5, 5.41) is 18.0. The molecule has 0 aromatic heterocycles. The number of carbonyl (C=O) groups excluding carboxylic acids is 2. The van der Waals surface area contributed by atoms with Gasteiger partial charge in [-0.05, 0) is 56.3 Å². The van der Waals surface area contributed by atoms with E-state index in [1.807, 2.05) is 13.8 Å². The van der Waals surface area contributed by atoms with E-state index in [1.54, 1.807) is 43.5 Å². The molecule has 0 radical (unpaired) electrons. The van der Waals surface area contributed by atoms with Crippen LogP contribution in [0.1, 0.15) is 45.7 Å². The topological polar surface area (TPSA) is 111 Å². The van der Waals surface area contributed by atoms with Gasteiger partial charge in [0, 0.05) is 29.0 Å². The largest absolute Gasteiger partial charge is 0.497 e. The maximum atomic E-state index is 13.6. The van der Waals surface area contributed by atoms with E-state index in [1.165, 1.54) is 18.2 Å². The summed E-state index contributed by atoms with van der Waals surface area (Å²) in [6.45, 7) is 3.84. The van der Waals surface area contributed by atoms with Crippen molar-refractivity contribution in [3.63, 3.8) is 0 Å². The smallest absolute Gasteiger partial charge is 0.281 e. The van der Waals surface area contributed by atoms with Crippen LogP contribution in [0.25, 0.3) is 0 Å². The summed E-state index contributed by atoms with van der Waals surface area (Å²) >= 11 is 0. The zero-order chi connectivity index (χ0) is 23.0. The van der Waals surface area contributed by atoms with Gasteiger partial charge in [0.15, 0.2) is 5.78 Å². The molecule has 2 N–H and O–H groups in total. The average Bonchev–Trinajstić information content (AvgIpc) is 2.77. The quantitative estimate of drug-likeness (QED) is 0.328. The Kier molecular flexibility index (Phi) is 5.36. The predicted octanol–water partition coefficient (Wildman–Crippen LogP) is 4.94. The fourth-order valence-corrected chi connectivity index (χ4v) is 3.82. The molecule has 0 atom stereocenters. The lowest BCUT2D eigenvalue weighted by atomic mass is 9.81. The zero-order valence-corrected chi connectivity index (χ0v) is 17.8. The second kappa shape index (κ2) is 8.14. The fraction of sp³-hybridized carbons (Fsp3) is 0.167. The Bertz CT molecular complexity index is 1250. The second-order valence-electron chi connectivity index (χ2n) is 7.68. The van der Waals surface area contributed by atoms with Crippen LogP contribution in [0.4, 0.5) is 22.7 Å². The zero-order valence-electron chi connectivity index (χ0n) is 17.8. The Hall–Kier alpha value is -4.20. The van der Waals surface area contributed by atoms with Crippen molar-refractivity contribution in [3.8, 4) is 5.75 Å². The normalized spacial score (nSPS) is 12.2. The predicted molar refractivity (Wildman–Crippen MR) is 121 cm³/mol. The van der Waals surface area contributed by atoms with Gasteiger partial charge in [-0.2, -0.15) is 0 Å². The minimum absolute atomic E-state index is 0.00825. The summed E-state index contributed by atoms with van der Waals surface area (Å²) in [5.74, 6) is -0.324. The monoisotopic (exact) mass is 431 g/mol. The molecule has 0 spiro atoms. The maximum absolute atomic E-state index is 13.6. The number of hydrogen-bond acceptors (Lipinski definition) is 7. The number of nitrogens with zero attached hydrogens (tertiary/aromatic N) is 1. The van der Waals surface area contributed by atoms with Crippen molar-refractivity contribution in [2.45, 2.75) is 19.9 Å². The lowest BCUT2D eigenvalue weighted by molar-refractivity contribution is -0.385. The van der Waals surface area contributed by atoms with Gasteiger partial charge < -0.3 is 15.4 Å². The molecular weight excluding hydrogens is 410 g/mol. The molecule has 3 aromatic carbocycles. The van der Waals surface area contributed by atoms with Crippen LogP contribution < -0.4 is 15.4 Å². The van der Waals surface area contributed by atoms with Crippen LogP contribution >= 0.6 is 0 Å². The standard InChI is InChI=1S/C24H21N3O5/c1-13(2)25-17-11-12-18(26-14-7-9-15(32-3)10-8-14)22-21(17)23(28)16-5-4-6-19(27(30)31)20(16)24(22)29/h4-13,25-26H,1-3H3. The van der Waals surface area contributed by atoms with Gasteiger partial charge in [-0.25, -0.2) is 0 Å². The third-order valence-electron chi connectivity index (χ3n) is 5.18. The van der Waals surface area contributed by atoms with E-state index < -0.39 is 16.5 Å². The minimum Gasteiger partial charge on any atom is -0.497 e. The summed E-state index contributed by atoms with van der Waals surface area (Å²) in [6.07, 6.45) is 0. The third-order valence-corrected chi connectivity index (χ3v) is 5.18. The molecule has 1 aliphatic rings. The summed E-state index contributed by atoms with van der Waals surface area (Å²) in [6, 6.07) is 14.6. The molecule has 1 aliphatic carbocycles. The number of hydrogen-bond donors (Lipinski definition) is 2. The summed E-state index contributed by atoms with van der Waals surface area (Å²) in [5.41, 5.74) is 1.34. The van der Waals surface area contributed by atoms with Gasteiger partial charge in [-0.3, -0.25) is 19.7 Å². The molecule has 0 saturated carbocycles. The molecule has 0 amide bonds. The van der Waals surface area contributed by atoms with Gasteiger partial charge in [0.2, 0.25) is 5.78 Å². The molecule has 0 bridgehead atoms. The van der Waals surface area contributed by atoms with Crippen LogP contribution in [0, 0.1) is 10.1 Å². The minimum atomic E-state index is -0.637. The van der Waals surface area contributed by atoms with Crippen LogP contribution in [0.15, 0.2) is 54.6 Å². The number of ether oxygens (including phenoxy) is 1. The first-order valence-electron chi connectivity index (χ1n) is 10.0. The van der Waals surface area contributed by atoms with Crippen molar-refractivity contribution in [3.05, 3.63) is 87.0 Å². The van der Waals surface area contributed by atoms with Crippen LogP contribution in [-0.4, -0.2) is 29.6 Å². The van der Waals surface area contributed by atoms with E-state index in [2.05, 4.69) is 10.6 Å². The number of ketones is 2. The molecule has 4 rings (SSSR count). The van der Waals surface area contributed by atoms with E-state index in [-0.39, 0.29) is 34.0 Å². The Morgan fingerprint density at radius 1 is 0.875 bits per heavy atom. The number of nitrogens with one attached hydrogen (secondary N) is 2. The highest BCUT2D eigenvalue weighted by atomic mass is 16.6. The second-order valence-corrected chi connectivity index (χ2v) is 7.68. The molecule has 0 heterocycles. The molecule has 8 heteroatoms. The molecule has 0 aliphatic heterocycles. The third kappa shape index (κ3) is 3.56. The van der Waals surface area contributed by atoms with Crippen molar-refractivity contribution >= 4 is 34.3 Å². The Labute approximate surface area is 184 Å². The van der Waals surface area contributed by atoms with Gasteiger partial charge in [0.1, 0.15) is 11.3 Å². The Morgan fingerprint density at radius 3 is 2.16 bits per heavy atom. The molecular formula is C24H21N3O5. The highest BCUT2D eigenvalue weighted by Crippen LogP contribution is 2.40. The molecule has 3 aromatic rings. The molecule has 0 saturated heterocycles. The van der Waals surface area contributed by atoms with Crippen LogP contribution in [0.5, 0.6) is 5.75 Å². The molecule has 0 fully saturated rings. The number of rotatable bonds is 6. The van der Waals surface area contributed by atoms with Gasteiger partial charge >= 0.3 is 0 Å². The lowest BCUT2D eigenvalue weighted by Gasteiger charge is -2.24. The lowest BCUT2D eigenvalue weighted by Crippen LogP contribution is -2.26. The average molecular weight is 431 g/mol. The molecule has 162 valence electrons. The van der Waals surface area contributed by atoms with E-state index in [4.69, 9.17) is 4.74 Å². The van der Waals surface area contributed by atoms with Crippen molar-refractivity contribution in [1.82, 2.24) is 0 Å². The first-order chi connectivity index (χ1) is 15.3. The van der Waals surface area contributed by atoms with E-state index in [0.717, 1.165) is 0 Å². The van der Waals surface area contributed by atoms with Crippen molar-refractivity contribution in [2.24, 2.45) is 0 Å². The number of nitro benzene ring substituents is 1. The van der Waals surface area contributed by atoms with E-state index in [9.17, 15) is 19.7 Å².